The number of ether oxygens (including phenoxy) is 2. The van der Waals surface area contributed by atoms with Crippen molar-refractivity contribution in [2.45, 2.75) is 13.2 Å². The Bertz CT molecular complexity index is 1110. The van der Waals surface area contributed by atoms with Gasteiger partial charge in [0.1, 0.15) is 29.5 Å². The molecule has 2 heterocycles. The Morgan fingerprint density at radius 2 is 1.89 bits per heavy atom. The highest BCUT2D eigenvalue weighted by atomic mass is 16.5. The lowest BCUT2D eigenvalue weighted by Gasteiger charge is -2.07. The second-order valence-corrected chi connectivity index (χ2v) is 6.04. The molecule has 0 bridgehead atoms. The molecule has 0 fully saturated rings. The van der Waals surface area contributed by atoms with Crippen molar-refractivity contribution < 1.29 is 23.8 Å². The Balaban J connectivity index is 1.43. The molecule has 1 N–H and O–H groups in total. The Morgan fingerprint density at radius 3 is 2.71 bits per heavy atom. The van der Waals surface area contributed by atoms with Gasteiger partial charge >= 0.3 is 5.97 Å². The summed E-state index contributed by atoms with van der Waals surface area (Å²) in [6, 6.07) is 16.5. The predicted molar refractivity (Wildman–Crippen MR) is 100 cm³/mol. The van der Waals surface area contributed by atoms with E-state index in [0.29, 0.717) is 41.5 Å². The zero-order chi connectivity index (χ0) is 19.3. The number of carbonyl (C=O) groups is 1. The number of hydrogen-bond acceptors (Lipinski definition) is 6. The predicted octanol–water partition coefficient (Wildman–Crippen LogP) is 4.43. The normalized spacial score (nSPS) is 10.9. The van der Waals surface area contributed by atoms with Crippen molar-refractivity contribution in [3.63, 3.8) is 0 Å². The van der Waals surface area contributed by atoms with E-state index in [1.807, 2.05) is 30.3 Å². The summed E-state index contributed by atoms with van der Waals surface area (Å²) < 4.78 is 16.7. The minimum Gasteiger partial charge on any atom is -0.478 e. The van der Waals surface area contributed by atoms with Gasteiger partial charge < -0.3 is 19.0 Å². The highest BCUT2D eigenvalue weighted by molar-refractivity contribution is 6.02. The van der Waals surface area contributed by atoms with Gasteiger partial charge in [-0.2, -0.15) is 0 Å². The first-order valence-electron chi connectivity index (χ1n) is 8.54. The van der Waals surface area contributed by atoms with E-state index in [2.05, 4.69) is 9.97 Å². The van der Waals surface area contributed by atoms with Gasteiger partial charge in [0.05, 0.1) is 18.9 Å². The number of nitrogens with zero attached hydrogens (tertiary/aromatic N) is 2. The summed E-state index contributed by atoms with van der Waals surface area (Å²) >= 11 is 0. The summed E-state index contributed by atoms with van der Waals surface area (Å²) in [6.45, 7) is 0.815. The quantitative estimate of drug-likeness (QED) is 0.510. The van der Waals surface area contributed by atoms with Crippen molar-refractivity contribution in [3.05, 3.63) is 84.0 Å². The number of carboxylic acids is 1. The first-order valence-corrected chi connectivity index (χ1v) is 8.54. The van der Waals surface area contributed by atoms with E-state index in [1.54, 1.807) is 24.3 Å². The maximum absolute atomic E-state index is 11.1. The lowest BCUT2D eigenvalue weighted by atomic mass is 10.2. The number of benzene rings is 2. The molecule has 4 aromatic rings. The first kappa shape index (κ1) is 17.7. The highest BCUT2D eigenvalue weighted by Gasteiger charge is 2.13. The molecule has 2 aromatic carbocycles. The number of aromatic nitrogens is 2. The van der Waals surface area contributed by atoms with Gasteiger partial charge in [-0.1, -0.05) is 30.3 Å². The van der Waals surface area contributed by atoms with E-state index in [-0.39, 0.29) is 5.56 Å². The SMILES string of the molecule is O=C(O)c1coc2cc(Oc3cc(COCc4ccccc4)ncn3)ccc12. The van der Waals surface area contributed by atoms with E-state index >= 15 is 0 Å². The lowest BCUT2D eigenvalue weighted by molar-refractivity contribution is 0.0698. The van der Waals surface area contributed by atoms with Crippen LogP contribution in [-0.4, -0.2) is 21.0 Å². The van der Waals surface area contributed by atoms with Crippen LogP contribution >= 0.6 is 0 Å². The van der Waals surface area contributed by atoms with Gasteiger partial charge in [0.15, 0.2) is 0 Å². The van der Waals surface area contributed by atoms with Crippen LogP contribution in [0.3, 0.4) is 0 Å². The standard InChI is InChI=1S/C21H16N2O5/c24-21(25)18-12-27-19-9-16(6-7-17(18)19)28-20-8-15(22-13-23-20)11-26-10-14-4-2-1-3-5-14/h1-9,12-13H,10-11H2,(H,24,25). The molecule has 0 saturated heterocycles. The Kier molecular flexibility index (Phi) is 4.99. The van der Waals surface area contributed by atoms with Crippen LogP contribution in [0.5, 0.6) is 11.6 Å². The molecule has 0 saturated carbocycles. The van der Waals surface area contributed by atoms with Crippen molar-refractivity contribution >= 4 is 16.9 Å². The summed E-state index contributed by atoms with van der Waals surface area (Å²) in [5.74, 6) is -0.199. The fraction of sp³-hybridized carbons (Fsp3) is 0.0952. The van der Waals surface area contributed by atoms with Crippen molar-refractivity contribution in [2.75, 3.05) is 0 Å². The van der Waals surface area contributed by atoms with Crippen LogP contribution in [0.1, 0.15) is 21.6 Å². The Morgan fingerprint density at radius 1 is 1.04 bits per heavy atom. The van der Waals surface area contributed by atoms with Crippen LogP contribution in [0.25, 0.3) is 11.0 Å². The molecule has 4 rings (SSSR count). The summed E-state index contributed by atoms with van der Waals surface area (Å²) in [6.07, 6.45) is 2.62. The third-order valence-corrected chi connectivity index (χ3v) is 4.06. The van der Waals surface area contributed by atoms with Crippen LogP contribution in [0.15, 0.2) is 71.6 Å². The molecule has 2 aromatic heterocycles. The van der Waals surface area contributed by atoms with Crippen LogP contribution in [-0.2, 0) is 18.0 Å². The van der Waals surface area contributed by atoms with E-state index in [4.69, 9.17) is 19.0 Å². The number of furan rings is 1. The average Bonchev–Trinajstić information content (AvgIpc) is 3.13. The molecule has 0 aliphatic rings. The number of fused-ring (bicyclic) bond motifs is 1. The molecule has 7 nitrogen and oxygen atoms in total. The molecule has 28 heavy (non-hydrogen) atoms. The zero-order valence-electron chi connectivity index (χ0n) is 14.7. The maximum Gasteiger partial charge on any atom is 0.339 e. The highest BCUT2D eigenvalue weighted by Crippen LogP contribution is 2.28. The van der Waals surface area contributed by atoms with E-state index in [0.717, 1.165) is 5.56 Å². The Hall–Kier alpha value is -3.71. The second-order valence-electron chi connectivity index (χ2n) is 6.04. The number of hydrogen-bond donors (Lipinski definition) is 1. The smallest absolute Gasteiger partial charge is 0.339 e. The Labute approximate surface area is 160 Å². The molecule has 0 atom stereocenters. The molecule has 0 spiro atoms. The van der Waals surface area contributed by atoms with Gasteiger partial charge in [0, 0.05) is 17.5 Å². The zero-order valence-corrected chi connectivity index (χ0v) is 14.7. The number of aromatic carboxylic acids is 1. The number of rotatable bonds is 7. The lowest BCUT2D eigenvalue weighted by Crippen LogP contribution is -1.98. The molecule has 0 aliphatic carbocycles. The molecule has 0 aliphatic heterocycles. The fourth-order valence-electron chi connectivity index (χ4n) is 2.72. The van der Waals surface area contributed by atoms with Gasteiger partial charge in [-0.3, -0.25) is 0 Å². The summed E-state index contributed by atoms with van der Waals surface area (Å²) in [4.78, 5) is 19.4. The van der Waals surface area contributed by atoms with E-state index in [1.165, 1.54) is 12.6 Å². The average molecular weight is 376 g/mol. The van der Waals surface area contributed by atoms with E-state index < -0.39 is 5.97 Å². The fourth-order valence-corrected chi connectivity index (χ4v) is 2.72. The summed E-state index contributed by atoms with van der Waals surface area (Å²) in [7, 11) is 0. The van der Waals surface area contributed by atoms with Gasteiger partial charge in [-0.15, -0.1) is 0 Å². The first-order chi connectivity index (χ1) is 13.7. The largest absolute Gasteiger partial charge is 0.478 e. The molecule has 7 heteroatoms. The number of carboxylic acid groups (broad SMARTS) is 1. The maximum atomic E-state index is 11.1. The summed E-state index contributed by atoms with van der Waals surface area (Å²) in [5.41, 5.74) is 2.31. The van der Waals surface area contributed by atoms with Gasteiger partial charge in [0.2, 0.25) is 5.88 Å². The van der Waals surface area contributed by atoms with Crippen molar-refractivity contribution in [3.8, 4) is 11.6 Å². The molecule has 140 valence electrons. The topological polar surface area (TPSA) is 94.7 Å². The molecule has 0 radical (unpaired) electrons. The van der Waals surface area contributed by atoms with Crippen molar-refractivity contribution in [2.24, 2.45) is 0 Å². The molecular weight excluding hydrogens is 360 g/mol. The van der Waals surface area contributed by atoms with Gasteiger partial charge in [0.25, 0.3) is 0 Å². The third kappa shape index (κ3) is 3.99. The van der Waals surface area contributed by atoms with Crippen LogP contribution in [0, 0.1) is 0 Å². The minimum atomic E-state index is -1.04. The summed E-state index contributed by atoms with van der Waals surface area (Å²) in [5, 5.41) is 9.64. The van der Waals surface area contributed by atoms with Crippen molar-refractivity contribution in [1.29, 1.82) is 0 Å². The third-order valence-electron chi connectivity index (χ3n) is 4.06. The van der Waals surface area contributed by atoms with Crippen LogP contribution < -0.4 is 4.74 Å². The molecular formula is C21H16N2O5. The molecule has 0 amide bonds. The second kappa shape index (κ2) is 7.89. The van der Waals surface area contributed by atoms with Gasteiger partial charge in [-0.25, -0.2) is 14.8 Å². The van der Waals surface area contributed by atoms with Gasteiger partial charge in [-0.05, 0) is 17.7 Å². The van der Waals surface area contributed by atoms with E-state index in [9.17, 15) is 4.79 Å². The van der Waals surface area contributed by atoms with Crippen LogP contribution in [0.4, 0.5) is 0 Å². The monoisotopic (exact) mass is 376 g/mol. The van der Waals surface area contributed by atoms with Crippen LogP contribution in [0.2, 0.25) is 0 Å². The molecule has 0 unspecified atom stereocenters. The minimum absolute atomic E-state index is 0.112. The van der Waals surface area contributed by atoms with Crippen molar-refractivity contribution in [1.82, 2.24) is 9.97 Å².